The van der Waals surface area contributed by atoms with E-state index in [2.05, 4.69) is 69.8 Å². The quantitative estimate of drug-likeness (QED) is 0.684. The molecule has 6 heteroatoms. The highest BCUT2D eigenvalue weighted by molar-refractivity contribution is 5.80. The second-order valence-electron chi connectivity index (χ2n) is 6.84. The van der Waals surface area contributed by atoms with Gasteiger partial charge in [-0.15, -0.1) is 0 Å². The van der Waals surface area contributed by atoms with E-state index in [1.54, 1.807) is 0 Å². The Balaban J connectivity index is 1.59. The van der Waals surface area contributed by atoms with Crippen LogP contribution in [0.15, 0.2) is 41.7 Å². The third-order valence-electron chi connectivity index (χ3n) is 4.77. The van der Waals surface area contributed by atoms with Crippen LogP contribution in [0, 0.1) is 0 Å². The zero-order valence-corrected chi connectivity index (χ0v) is 15.6. The van der Waals surface area contributed by atoms with Gasteiger partial charge < -0.3 is 15.1 Å². The van der Waals surface area contributed by atoms with Crippen LogP contribution < -0.4 is 10.2 Å². The molecule has 2 aromatic rings. The van der Waals surface area contributed by atoms with Crippen molar-refractivity contribution in [3.8, 4) is 0 Å². The lowest BCUT2D eigenvalue weighted by Crippen LogP contribution is -2.39. The van der Waals surface area contributed by atoms with Crippen molar-refractivity contribution in [2.75, 3.05) is 39.1 Å². The molecule has 1 aromatic carbocycles. The SMILES string of the molecule is CN=C(NCc1cccc(N(C)C)c1)N1CCC(c2cnn(C)c2)C1. The monoisotopic (exact) mass is 340 g/mol. The van der Waals surface area contributed by atoms with Crippen molar-refractivity contribution in [2.45, 2.75) is 18.9 Å². The third-order valence-corrected chi connectivity index (χ3v) is 4.77. The number of nitrogens with zero attached hydrogens (tertiary/aromatic N) is 5. The minimum absolute atomic E-state index is 0.532. The molecule has 1 aliphatic rings. The molecule has 0 aliphatic carbocycles. The Labute approximate surface area is 150 Å². The van der Waals surface area contributed by atoms with Gasteiger partial charge in [-0.25, -0.2) is 0 Å². The summed E-state index contributed by atoms with van der Waals surface area (Å²) in [5.41, 5.74) is 3.79. The molecule has 0 radical (unpaired) electrons. The number of rotatable bonds is 4. The predicted molar refractivity (Wildman–Crippen MR) is 103 cm³/mol. The van der Waals surface area contributed by atoms with Gasteiger partial charge in [-0.3, -0.25) is 9.67 Å². The first kappa shape index (κ1) is 17.3. The molecule has 1 N–H and O–H groups in total. The smallest absolute Gasteiger partial charge is 0.193 e. The van der Waals surface area contributed by atoms with Crippen LogP contribution in [0.2, 0.25) is 0 Å². The highest BCUT2D eigenvalue weighted by atomic mass is 15.3. The number of hydrogen-bond donors (Lipinski definition) is 1. The molecule has 1 unspecified atom stereocenters. The maximum atomic E-state index is 4.48. The Kier molecular flexibility index (Phi) is 5.26. The number of nitrogens with one attached hydrogen (secondary N) is 1. The van der Waals surface area contributed by atoms with Crippen LogP contribution in [-0.4, -0.2) is 54.9 Å². The maximum absolute atomic E-state index is 4.48. The molecule has 3 rings (SSSR count). The Morgan fingerprint density at radius 2 is 2.24 bits per heavy atom. The zero-order chi connectivity index (χ0) is 17.8. The normalized spacial score (nSPS) is 17.8. The first-order valence-corrected chi connectivity index (χ1v) is 8.77. The highest BCUT2D eigenvalue weighted by Gasteiger charge is 2.26. The molecule has 1 aliphatic heterocycles. The predicted octanol–water partition coefficient (Wildman–Crippen LogP) is 2.05. The van der Waals surface area contributed by atoms with Gasteiger partial charge in [0.1, 0.15) is 0 Å². The molecule has 6 nitrogen and oxygen atoms in total. The van der Waals surface area contributed by atoms with Crippen molar-refractivity contribution in [1.82, 2.24) is 20.0 Å². The second-order valence-corrected chi connectivity index (χ2v) is 6.84. The average Bonchev–Trinajstić information content (AvgIpc) is 3.25. The molecule has 0 amide bonds. The number of aliphatic imine (C=N–C) groups is 1. The van der Waals surface area contributed by atoms with Crippen molar-refractivity contribution in [1.29, 1.82) is 0 Å². The van der Waals surface area contributed by atoms with Gasteiger partial charge in [-0.2, -0.15) is 5.10 Å². The minimum Gasteiger partial charge on any atom is -0.378 e. The zero-order valence-electron chi connectivity index (χ0n) is 15.6. The summed E-state index contributed by atoms with van der Waals surface area (Å²) in [6.07, 6.45) is 5.25. The summed E-state index contributed by atoms with van der Waals surface area (Å²) in [4.78, 5) is 8.94. The largest absolute Gasteiger partial charge is 0.378 e. The van der Waals surface area contributed by atoms with Crippen LogP contribution in [0.5, 0.6) is 0 Å². The number of benzene rings is 1. The molecule has 0 bridgehead atoms. The Bertz CT molecular complexity index is 733. The molecular formula is C19H28N6. The van der Waals surface area contributed by atoms with Crippen LogP contribution in [-0.2, 0) is 13.6 Å². The Morgan fingerprint density at radius 1 is 1.40 bits per heavy atom. The summed E-state index contributed by atoms with van der Waals surface area (Å²) in [5, 5.41) is 7.81. The van der Waals surface area contributed by atoms with Crippen molar-refractivity contribution in [3.63, 3.8) is 0 Å². The van der Waals surface area contributed by atoms with Gasteiger partial charge in [0.05, 0.1) is 6.20 Å². The van der Waals surface area contributed by atoms with E-state index < -0.39 is 0 Å². The molecule has 1 saturated heterocycles. The second kappa shape index (κ2) is 7.59. The maximum Gasteiger partial charge on any atom is 0.193 e. The number of guanidine groups is 1. The molecule has 0 spiro atoms. The van der Waals surface area contributed by atoms with Crippen LogP contribution in [0.1, 0.15) is 23.5 Å². The van der Waals surface area contributed by atoms with Gasteiger partial charge in [0.2, 0.25) is 0 Å². The van der Waals surface area contributed by atoms with Crippen molar-refractivity contribution in [3.05, 3.63) is 47.8 Å². The van der Waals surface area contributed by atoms with E-state index in [9.17, 15) is 0 Å². The lowest BCUT2D eigenvalue weighted by atomic mass is 10.0. The van der Waals surface area contributed by atoms with E-state index in [1.807, 2.05) is 25.0 Å². The van der Waals surface area contributed by atoms with Crippen molar-refractivity contribution < 1.29 is 0 Å². The number of aryl methyl sites for hydroxylation is 1. The number of anilines is 1. The topological polar surface area (TPSA) is 48.7 Å². The van der Waals surface area contributed by atoms with E-state index >= 15 is 0 Å². The molecule has 1 aromatic heterocycles. The van der Waals surface area contributed by atoms with Crippen molar-refractivity contribution in [2.24, 2.45) is 12.0 Å². The summed E-state index contributed by atoms with van der Waals surface area (Å²) in [6.45, 7) is 2.79. The fourth-order valence-corrected chi connectivity index (χ4v) is 3.33. The molecule has 1 fully saturated rings. The van der Waals surface area contributed by atoms with E-state index in [1.165, 1.54) is 16.8 Å². The number of hydrogen-bond acceptors (Lipinski definition) is 3. The molecule has 25 heavy (non-hydrogen) atoms. The van der Waals surface area contributed by atoms with Crippen LogP contribution in [0.4, 0.5) is 5.69 Å². The fourth-order valence-electron chi connectivity index (χ4n) is 3.33. The summed E-state index contributed by atoms with van der Waals surface area (Å²) >= 11 is 0. The van der Waals surface area contributed by atoms with E-state index in [0.29, 0.717) is 5.92 Å². The molecular weight excluding hydrogens is 312 g/mol. The van der Waals surface area contributed by atoms with E-state index in [0.717, 1.165) is 32.0 Å². The van der Waals surface area contributed by atoms with Gasteiger partial charge in [-0.1, -0.05) is 12.1 Å². The molecule has 2 heterocycles. The lowest BCUT2D eigenvalue weighted by Gasteiger charge is -2.22. The lowest BCUT2D eigenvalue weighted by molar-refractivity contribution is 0.486. The summed E-state index contributed by atoms with van der Waals surface area (Å²) in [6, 6.07) is 8.58. The first-order valence-electron chi connectivity index (χ1n) is 8.77. The van der Waals surface area contributed by atoms with E-state index in [-0.39, 0.29) is 0 Å². The van der Waals surface area contributed by atoms with Crippen LogP contribution in [0.3, 0.4) is 0 Å². The Morgan fingerprint density at radius 3 is 2.92 bits per heavy atom. The minimum atomic E-state index is 0.532. The summed E-state index contributed by atoms with van der Waals surface area (Å²) < 4.78 is 1.88. The van der Waals surface area contributed by atoms with Gasteiger partial charge in [0, 0.05) is 65.6 Å². The molecule has 134 valence electrons. The molecule has 1 atom stereocenters. The third kappa shape index (κ3) is 4.13. The highest BCUT2D eigenvalue weighted by Crippen LogP contribution is 2.26. The van der Waals surface area contributed by atoms with Gasteiger partial charge in [0.15, 0.2) is 5.96 Å². The van der Waals surface area contributed by atoms with Gasteiger partial charge in [-0.05, 0) is 29.7 Å². The van der Waals surface area contributed by atoms with Crippen molar-refractivity contribution >= 4 is 11.6 Å². The summed E-state index contributed by atoms with van der Waals surface area (Å²) in [5.74, 6) is 1.51. The standard InChI is InChI=1S/C19H28N6/c1-20-19(21-11-15-6-5-7-18(10-15)23(2)3)25-9-8-16(14-25)17-12-22-24(4)13-17/h5-7,10,12-13,16H,8-9,11,14H2,1-4H3,(H,20,21). The summed E-state index contributed by atoms with van der Waals surface area (Å²) in [7, 11) is 7.96. The number of aromatic nitrogens is 2. The fraction of sp³-hybridized carbons (Fsp3) is 0.474. The van der Waals surface area contributed by atoms with Gasteiger partial charge >= 0.3 is 0 Å². The molecule has 0 saturated carbocycles. The first-order chi connectivity index (χ1) is 12.1. The van der Waals surface area contributed by atoms with E-state index in [4.69, 9.17) is 0 Å². The van der Waals surface area contributed by atoms with Gasteiger partial charge in [0.25, 0.3) is 0 Å². The Hall–Kier alpha value is -2.50. The average molecular weight is 340 g/mol. The number of likely N-dealkylation sites (tertiary alicyclic amines) is 1. The van der Waals surface area contributed by atoms with Crippen LogP contribution in [0.25, 0.3) is 0 Å². The van der Waals surface area contributed by atoms with Crippen LogP contribution >= 0.6 is 0 Å².